The van der Waals surface area contributed by atoms with Gasteiger partial charge >= 0.3 is 0 Å². The quantitative estimate of drug-likeness (QED) is 0.829. The highest BCUT2D eigenvalue weighted by Gasteiger charge is 2.10. The van der Waals surface area contributed by atoms with Gasteiger partial charge in [-0.3, -0.25) is 4.72 Å². The van der Waals surface area contributed by atoms with E-state index in [4.69, 9.17) is 11.6 Å². The van der Waals surface area contributed by atoms with E-state index < -0.39 is 10.0 Å². The lowest BCUT2D eigenvalue weighted by atomic mass is 10.3. The number of aromatic nitrogens is 2. The van der Waals surface area contributed by atoms with E-state index >= 15 is 0 Å². The molecular formula is C12H13ClN4O2S. The summed E-state index contributed by atoms with van der Waals surface area (Å²) in [6.45, 7) is 1.57. The summed E-state index contributed by atoms with van der Waals surface area (Å²) in [5.41, 5.74) is 1.03. The topological polar surface area (TPSA) is 84.0 Å². The fourth-order valence-corrected chi connectivity index (χ4v) is 2.27. The highest BCUT2D eigenvalue weighted by atomic mass is 35.5. The fraction of sp³-hybridized carbons (Fsp3) is 0.167. The van der Waals surface area contributed by atoms with Crippen LogP contribution in [0.2, 0.25) is 5.28 Å². The number of hydrogen-bond donors (Lipinski definition) is 2. The standard InChI is InChI=1S/C12H13ClN4O2S/c1-2-20(18,19)17-10-6-4-3-5-9(10)15-11-7-8-14-12(13)16-11/h3-8,17H,2H2,1H3,(H,14,15,16). The Morgan fingerprint density at radius 3 is 2.55 bits per heavy atom. The van der Waals surface area contributed by atoms with Gasteiger partial charge in [0.2, 0.25) is 15.3 Å². The van der Waals surface area contributed by atoms with E-state index in [1.165, 1.54) is 6.20 Å². The monoisotopic (exact) mass is 312 g/mol. The number of anilines is 3. The van der Waals surface area contributed by atoms with Gasteiger partial charge in [-0.05, 0) is 36.7 Å². The van der Waals surface area contributed by atoms with Crippen LogP contribution in [-0.4, -0.2) is 24.1 Å². The first-order valence-corrected chi connectivity index (χ1v) is 7.88. The minimum atomic E-state index is -3.34. The summed E-state index contributed by atoms with van der Waals surface area (Å²) < 4.78 is 25.8. The lowest BCUT2D eigenvalue weighted by molar-refractivity contribution is 0.602. The molecule has 0 atom stereocenters. The van der Waals surface area contributed by atoms with Gasteiger partial charge in [0.25, 0.3) is 0 Å². The fourth-order valence-electron chi connectivity index (χ4n) is 1.46. The number of benzene rings is 1. The molecule has 8 heteroatoms. The van der Waals surface area contributed by atoms with Gasteiger partial charge < -0.3 is 5.32 Å². The minimum Gasteiger partial charge on any atom is -0.338 e. The third-order valence-corrected chi connectivity index (χ3v) is 3.93. The maximum absolute atomic E-state index is 11.6. The average Bonchev–Trinajstić information content (AvgIpc) is 2.41. The van der Waals surface area contributed by atoms with Crippen molar-refractivity contribution in [1.82, 2.24) is 9.97 Å². The zero-order chi connectivity index (χ0) is 14.6. The van der Waals surface area contributed by atoms with Gasteiger partial charge in [-0.2, -0.15) is 0 Å². The van der Waals surface area contributed by atoms with Gasteiger partial charge in [0.15, 0.2) is 0 Å². The first kappa shape index (κ1) is 14.5. The Hall–Kier alpha value is -1.86. The normalized spacial score (nSPS) is 11.1. The molecule has 2 rings (SSSR count). The highest BCUT2D eigenvalue weighted by Crippen LogP contribution is 2.25. The molecule has 0 radical (unpaired) electrons. The molecular weight excluding hydrogens is 300 g/mol. The van der Waals surface area contributed by atoms with Crippen LogP contribution >= 0.6 is 11.6 Å². The second kappa shape index (κ2) is 6.06. The van der Waals surface area contributed by atoms with Crippen LogP contribution in [0.4, 0.5) is 17.2 Å². The Bertz CT molecular complexity index is 706. The van der Waals surface area contributed by atoms with E-state index in [0.717, 1.165) is 0 Å². The third kappa shape index (κ3) is 3.82. The summed E-state index contributed by atoms with van der Waals surface area (Å²) in [5, 5.41) is 3.11. The molecule has 1 heterocycles. The van der Waals surface area contributed by atoms with E-state index in [-0.39, 0.29) is 11.0 Å². The highest BCUT2D eigenvalue weighted by molar-refractivity contribution is 7.92. The lowest BCUT2D eigenvalue weighted by Gasteiger charge is -2.12. The number of sulfonamides is 1. The van der Waals surface area contributed by atoms with Crippen LogP contribution in [0.1, 0.15) is 6.92 Å². The number of halogens is 1. The second-order valence-corrected chi connectivity index (χ2v) is 6.24. The Morgan fingerprint density at radius 1 is 1.20 bits per heavy atom. The van der Waals surface area contributed by atoms with Crippen LogP contribution in [0.5, 0.6) is 0 Å². The predicted octanol–water partition coefficient (Wildman–Crippen LogP) is 2.64. The molecule has 6 nitrogen and oxygen atoms in total. The molecule has 0 aliphatic carbocycles. The molecule has 1 aromatic heterocycles. The first-order chi connectivity index (χ1) is 9.50. The zero-order valence-corrected chi connectivity index (χ0v) is 12.2. The number of para-hydroxylation sites is 2. The smallest absolute Gasteiger partial charge is 0.232 e. The van der Waals surface area contributed by atoms with Crippen molar-refractivity contribution >= 4 is 38.8 Å². The lowest BCUT2D eigenvalue weighted by Crippen LogP contribution is -2.15. The van der Waals surface area contributed by atoms with Crippen molar-refractivity contribution < 1.29 is 8.42 Å². The summed E-state index contributed by atoms with van der Waals surface area (Å²) in [5.74, 6) is 0.480. The Balaban J connectivity index is 2.29. The van der Waals surface area contributed by atoms with Crippen molar-refractivity contribution in [1.29, 1.82) is 0 Å². The number of rotatable bonds is 5. The SMILES string of the molecule is CCS(=O)(=O)Nc1ccccc1Nc1ccnc(Cl)n1. The van der Waals surface area contributed by atoms with Gasteiger partial charge in [-0.1, -0.05) is 12.1 Å². The summed E-state index contributed by atoms with van der Waals surface area (Å²) in [7, 11) is -3.34. The molecule has 0 unspecified atom stereocenters. The molecule has 0 saturated carbocycles. The molecule has 106 valence electrons. The van der Waals surface area contributed by atoms with Crippen molar-refractivity contribution in [3.63, 3.8) is 0 Å². The van der Waals surface area contributed by atoms with E-state index in [0.29, 0.717) is 17.2 Å². The van der Waals surface area contributed by atoms with Gasteiger partial charge in [-0.25, -0.2) is 18.4 Å². The number of nitrogens with zero attached hydrogens (tertiary/aromatic N) is 2. The van der Waals surface area contributed by atoms with Gasteiger partial charge in [0, 0.05) is 6.20 Å². The van der Waals surface area contributed by atoms with Crippen LogP contribution in [-0.2, 0) is 10.0 Å². The van der Waals surface area contributed by atoms with Crippen LogP contribution < -0.4 is 10.0 Å². The number of hydrogen-bond acceptors (Lipinski definition) is 5. The molecule has 0 fully saturated rings. The summed E-state index contributed by atoms with van der Waals surface area (Å²) in [6, 6.07) is 8.57. The summed E-state index contributed by atoms with van der Waals surface area (Å²) in [4.78, 5) is 7.77. The number of nitrogens with one attached hydrogen (secondary N) is 2. The summed E-state index contributed by atoms with van der Waals surface area (Å²) >= 11 is 5.71. The van der Waals surface area contributed by atoms with Crippen LogP contribution in [0, 0.1) is 0 Å². The molecule has 2 N–H and O–H groups in total. The van der Waals surface area contributed by atoms with Crippen molar-refractivity contribution in [2.24, 2.45) is 0 Å². The Morgan fingerprint density at radius 2 is 1.90 bits per heavy atom. The second-order valence-electron chi connectivity index (χ2n) is 3.89. The Kier molecular flexibility index (Phi) is 4.41. The third-order valence-electron chi connectivity index (χ3n) is 2.46. The predicted molar refractivity (Wildman–Crippen MR) is 79.9 cm³/mol. The Labute approximate surface area is 122 Å². The molecule has 0 aliphatic rings. The van der Waals surface area contributed by atoms with Gasteiger partial charge in [-0.15, -0.1) is 0 Å². The maximum Gasteiger partial charge on any atom is 0.232 e. The van der Waals surface area contributed by atoms with Crippen LogP contribution in [0.25, 0.3) is 0 Å². The zero-order valence-electron chi connectivity index (χ0n) is 10.7. The maximum atomic E-state index is 11.6. The molecule has 1 aromatic carbocycles. The average molecular weight is 313 g/mol. The molecule has 0 aliphatic heterocycles. The first-order valence-electron chi connectivity index (χ1n) is 5.85. The molecule has 0 amide bonds. The van der Waals surface area contributed by atoms with Gasteiger partial charge in [0.1, 0.15) is 5.82 Å². The molecule has 20 heavy (non-hydrogen) atoms. The van der Waals surface area contributed by atoms with Crippen LogP contribution in [0.15, 0.2) is 36.5 Å². The molecule has 2 aromatic rings. The summed E-state index contributed by atoms with van der Waals surface area (Å²) in [6.07, 6.45) is 1.51. The minimum absolute atomic E-state index is 0.000664. The van der Waals surface area contributed by atoms with E-state index in [9.17, 15) is 8.42 Å². The molecule has 0 bridgehead atoms. The van der Waals surface area contributed by atoms with Gasteiger partial charge in [0.05, 0.1) is 17.1 Å². The van der Waals surface area contributed by atoms with Crippen molar-refractivity contribution in [2.45, 2.75) is 6.92 Å². The van der Waals surface area contributed by atoms with Crippen LogP contribution in [0.3, 0.4) is 0 Å². The molecule has 0 saturated heterocycles. The largest absolute Gasteiger partial charge is 0.338 e. The molecule has 0 spiro atoms. The van der Waals surface area contributed by atoms with E-state index in [2.05, 4.69) is 20.0 Å². The van der Waals surface area contributed by atoms with Crippen molar-refractivity contribution in [3.8, 4) is 0 Å². The van der Waals surface area contributed by atoms with E-state index in [1.54, 1.807) is 37.3 Å². The van der Waals surface area contributed by atoms with E-state index in [1.807, 2.05) is 0 Å². The van der Waals surface area contributed by atoms with Crippen molar-refractivity contribution in [2.75, 3.05) is 15.8 Å². The van der Waals surface area contributed by atoms with Crippen molar-refractivity contribution in [3.05, 3.63) is 41.8 Å².